The molecule has 0 saturated heterocycles. The summed E-state index contributed by atoms with van der Waals surface area (Å²) in [6.07, 6.45) is -0.531. The Hall–Kier alpha value is -2.29. The maximum atomic E-state index is 9.48. The number of anilines is 1. The van der Waals surface area contributed by atoms with Crippen LogP contribution in [-0.2, 0) is 0 Å². The zero-order chi connectivity index (χ0) is 16.8. The Labute approximate surface area is 147 Å². The van der Waals surface area contributed by atoms with E-state index < -0.39 is 6.10 Å². The fourth-order valence-corrected chi connectivity index (χ4v) is 2.67. The second-order valence-electron chi connectivity index (χ2n) is 5.71. The Bertz CT molecular complexity index is 754. The van der Waals surface area contributed by atoms with Crippen molar-refractivity contribution in [2.45, 2.75) is 6.10 Å². The van der Waals surface area contributed by atoms with Crippen molar-refractivity contribution in [1.29, 1.82) is 0 Å². The van der Waals surface area contributed by atoms with Crippen LogP contribution in [0.4, 0.5) is 5.69 Å². The molecule has 3 heteroatoms. The van der Waals surface area contributed by atoms with Crippen molar-refractivity contribution in [2.75, 3.05) is 17.7 Å². The summed E-state index contributed by atoms with van der Waals surface area (Å²) in [6, 6.07) is 27.1. The van der Waals surface area contributed by atoms with E-state index in [0.29, 0.717) is 6.54 Å². The highest BCUT2D eigenvalue weighted by Gasteiger charge is 2.03. The van der Waals surface area contributed by atoms with E-state index >= 15 is 0 Å². The van der Waals surface area contributed by atoms with E-state index in [-0.39, 0.29) is 5.88 Å². The predicted octanol–water partition coefficient (Wildman–Crippen LogP) is 5.03. The number of benzene rings is 3. The average molecular weight is 338 g/mol. The molecule has 0 saturated carbocycles. The van der Waals surface area contributed by atoms with Crippen molar-refractivity contribution < 1.29 is 5.11 Å². The molecule has 0 bridgehead atoms. The molecule has 0 aliphatic carbocycles. The van der Waals surface area contributed by atoms with Gasteiger partial charge in [-0.2, -0.15) is 0 Å². The second kappa shape index (κ2) is 8.00. The minimum Gasteiger partial charge on any atom is -0.390 e. The van der Waals surface area contributed by atoms with Crippen molar-refractivity contribution in [3.63, 3.8) is 0 Å². The third-order valence-corrected chi connectivity index (χ3v) is 4.29. The molecule has 1 atom stereocenters. The SMILES string of the molecule is OC(CCl)CNc1ccc(-c2ccc(-c3ccccc3)cc2)cc1. The first-order valence-corrected chi connectivity index (χ1v) is 8.53. The zero-order valence-corrected chi connectivity index (χ0v) is 14.1. The summed E-state index contributed by atoms with van der Waals surface area (Å²) in [6.45, 7) is 0.453. The molecule has 3 aromatic carbocycles. The smallest absolute Gasteiger partial charge is 0.0847 e. The molecular weight excluding hydrogens is 318 g/mol. The number of alkyl halides is 1. The van der Waals surface area contributed by atoms with Crippen LogP contribution in [0, 0.1) is 0 Å². The summed E-state index contributed by atoms with van der Waals surface area (Å²) >= 11 is 5.59. The molecular formula is C21H20ClNO. The molecule has 0 amide bonds. The van der Waals surface area contributed by atoms with Gasteiger partial charge in [0.05, 0.1) is 12.0 Å². The van der Waals surface area contributed by atoms with E-state index in [1.54, 1.807) is 0 Å². The largest absolute Gasteiger partial charge is 0.390 e. The van der Waals surface area contributed by atoms with Gasteiger partial charge in [-0.3, -0.25) is 0 Å². The van der Waals surface area contributed by atoms with Crippen molar-refractivity contribution in [2.24, 2.45) is 0 Å². The van der Waals surface area contributed by atoms with E-state index in [1.165, 1.54) is 16.7 Å². The summed E-state index contributed by atoms with van der Waals surface area (Å²) in [5.41, 5.74) is 5.76. The van der Waals surface area contributed by atoms with Crippen molar-refractivity contribution in [3.05, 3.63) is 78.9 Å². The quantitative estimate of drug-likeness (QED) is 0.618. The molecule has 0 heterocycles. The minimum atomic E-state index is -0.531. The van der Waals surface area contributed by atoms with Gasteiger partial charge in [0.15, 0.2) is 0 Å². The normalized spacial score (nSPS) is 11.9. The summed E-state index contributed by atoms with van der Waals surface area (Å²) in [7, 11) is 0. The maximum absolute atomic E-state index is 9.48. The van der Waals surface area contributed by atoms with Gasteiger partial charge in [-0.15, -0.1) is 11.6 Å². The Balaban J connectivity index is 1.70. The fourth-order valence-electron chi connectivity index (χ4n) is 2.56. The van der Waals surface area contributed by atoms with E-state index in [4.69, 9.17) is 11.6 Å². The lowest BCUT2D eigenvalue weighted by Crippen LogP contribution is -2.20. The number of halogens is 1. The minimum absolute atomic E-state index is 0.235. The lowest BCUT2D eigenvalue weighted by atomic mass is 10.0. The number of rotatable bonds is 6. The Kier molecular flexibility index (Phi) is 5.52. The molecule has 3 aromatic rings. The van der Waals surface area contributed by atoms with Gasteiger partial charge < -0.3 is 10.4 Å². The summed E-state index contributed by atoms with van der Waals surface area (Å²) < 4.78 is 0. The number of aliphatic hydroxyl groups is 1. The van der Waals surface area contributed by atoms with Crippen LogP contribution in [-0.4, -0.2) is 23.6 Å². The highest BCUT2D eigenvalue weighted by atomic mass is 35.5. The van der Waals surface area contributed by atoms with Gasteiger partial charge in [0, 0.05) is 12.2 Å². The maximum Gasteiger partial charge on any atom is 0.0847 e. The molecule has 24 heavy (non-hydrogen) atoms. The first-order valence-electron chi connectivity index (χ1n) is 8.00. The lowest BCUT2D eigenvalue weighted by molar-refractivity contribution is 0.211. The van der Waals surface area contributed by atoms with Crippen LogP contribution in [0.25, 0.3) is 22.3 Å². The van der Waals surface area contributed by atoms with E-state index in [1.807, 2.05) is 18.2 Å². The van der Waals surface area contributed by atoms with Crippen molar-refractivity contribution in [3.8, 4) is 22.3 Å². The van der Waals surface area contributed by atoms with E-state index in [0.717, 1.165) is 11.3 Å². The highest BCUT2D eigenvalue weighted by molar-refractivity contribution is 6.18. The molecule has 122 valence electrons. The Morgan fingerprint density at radius 1 is 0.708 bits per heavy atom. The van der Waals surface area contributed by atoms with Crippen LogP contribution in [0.15, 0.2) is 78.9 Å². The van der Waals surface area contributed by atoms with Crippen molar-refractivity contribution in [1.82, 2.24) is 0 Å². The van der Waals surface area contributed by atoms with E-state index in [9.17, 15) is 5.11 Å². The van der Waals surface area contributed by atoms with Gasteiger partial charge in [-0.1, -0.05) is 66.7 Å². The number of hydrogen-bond donors (Lipinski definition) is 2. The number of nitrogens with one attached hydrogen (secondary N) is 1. The van der Waals surface area contributed by atoms with Crippen molar-refractivity contribution >= 4 is 17.3 Å². The van der Waals surface area contributed by atoms with Gasteiger partial charge in [0.1, 0.15) is 0 Å². The molecule has 0 fully saturated rings. The van der Waals surface area contributed by atoms with Gasteiger partial charge in [-0.25, -0.2) is 0 Å². The molecule has 0 aliphatic rings. The molecule has 3 rings (SSSR count). The topological polar surface area (TPSA) is 32.3 Å². The van der Waals surface area contributed by atoms with Crippen LogP contribution in [0.3, 0.4) is 0 Å². The third-order valence-electron chi connectivity index (χ3n) is 3.93. The molecule has 0 aliphatic heterocycles. The van der Waals surface area contributed by atoms with Crippen LogP contribution in [0.5, 0.6) is 0 Å². The molecule has 0 spiro atoms. The van der Waals surface area contributed by atoms with Gasteiger partial charge in [0.25, 0.3) is 0 Å². The van der Waals surface area contributed by atoms with Gasteiger partial charge in [0.2, 0.25) is 0 Å². The highest BCUT2D eigenvalue weighted by Crippen LogP contribution is 2.25. The summed E-state index contributed by atoms with van der Waals surface area (Å²) in [5, 5.41) is 12.6. The van der Waals surface area contributed by atoms with Crippen LogP contribution >= 0.6 is 11.6 Å². The number of aliphatic hydroxyl groups excluding tert-OH is 1. The molecule has 2 nitrogen and oxygen atoms in total. The molecule has 2 N–H and O–H groups in total. The Morgan fingerprint density at radius 3 is 1.67 bits per heavy atom. The van der Waals surface area contributed by atoms with Gasteiger partial charge >= 0.3 is 0 Å². The standard InChI is InChI=1S/C21H20ClNO/c22-14-21(24)15-23-20-12-10-19(11-13-20)18-8-6-17(7-9-18)16-4-2-1-3-5-16/h1-13,21,23-24H,14-15H2. The van der Waals surface area contributed by atoms with Gasteiger partial charge in [-0.05, 0) is 34.4 Å². The second-order valence-corrected chi connectivity index (χ2v) is 6.02. The van der Waals surface area contributed by atoms with Crippen LogP contribution in [0.2, 0.25) is 0 Å². The fraction of sp³-hybridized carbons (Fsp3) is 0.143. The monoisotopic (exact) mass is 337 g/mol. The number of hydrogen-bond acceptors (Lipinski definition) is 2. The first-order chi connectivity index (χ1) is 11.8. The summed E-state index contributed by atoms with van der Waals surface area (Å²) in [4.78, 5) is 0. The molecule has 0 aromatic heterocycles. The zero-order valence-electron chi connectivity index (χ0n) is 13.3. The first kappa shape index (κ1) is 16.6. The van der Waals surface area contributed by atoms with Crippen LogP contribution < -0.4 is 5.32 Å². The summed E-state index contributed by atoms with van der Waals surface area (Å²) in [5.74, 6) is 0.235. The average Bonchev–Trinajstić information content (AvgIpc) is 2.67. The van der Waals surface area contributed by atoms with Crippen LogP contribution in [0.1, 0.15) is 0 Å². The third kappa shape index (κ3) is 4.16. The molecule has 1 unspecified atom stereocenters. The van der Waals surface area contributed by atoms with E-state index in [2.05, 4.69) is 66.0 Å². The Morgan fingerprint density at radius 2 is 1.17 bits per heavy atom. The lowest BCUT2D eigenvalue weighted by Gasteiger charge is -2.11. The predicted molar refractivity (Wildman–Crippen MR) is 103 cm³/mol. The molecule has 0 radical (unpaired) electrons.